The summed E-state index contributed by atoms with van der Waals surface area (Å²) in [5.74, 6) is -2.69. The molecule has 0 aliphatic rings. The first kappa shape index (κ1) is 18.1. The molecule has 0 saturated carbocycles. The van der Waals surface area contributed by atoms with Gasteiger partial charge in [0.15, 0.2) is 5.75 Å². The zero-order chi connectivity index (χ0) is 18.6. The molecule has 0 aliphatic carbocycles. The van der Waals surface area contributed by atoms with Crippen LogP contribution < -0.4 is 4.89 Å². The van der Waals surface area contributed by atoms with Gasteiger partial charge in [0.1, 0.15) is 0 Å². The Morgan fingerprint density at radius 3 is 1.92 bits per heavy atom. The average molecular weight is 365 g/mol. The predicted molar refractivity (Wildman–Crippen MR) is 84.8 cm³/mol. The largest absolute Gasteiger partial charge is 0.478 e. The number of hydrogen-bond acceptors (Lipinski definition) is 6. The molecular formula is C15H11NO8S. The lowest BCUT2D eigenvalue weighted by molar-refractivity contribution is -0.137. The summed E-state index contributed by atoms with van der Waals surface area (Å²) in [5.41, 5.74) is -0.637. The second-order valence-electron chi connectivity index (χ2n) is 4.73. The highest BCUT2D eigenvalue weighted by Crippen LogP contribution is 2.17. The van der Waals surface area contributed by atoms with Crippen LogP contribution in [0.15, 0.2) is 51.8 Å². The van der Waals surface area contributed by atoms with Crippen molar-refractivity contribution in [1.29, 1.82) is 0 Å². The number of hydrogen-bond donors (Lipinski definition) is 3. The lowest BCUT2D eigenvalue weighted by Gasteiger charge is -2.02. The molecule has 0 amide bonds. The number of rotatable bonds is 6. The van der Waals surface area contributed by atoms with E-state index < -0.39 is 22.0 Å². The van der Waals surface area contributed by atoms with Crippen LogP contribution in [0.2, 0.25) is 0 Å². The van der Waals surface area contributed by atoms with Gasteiger partial charge in [0, 0.05) is 6.21 Å². The van der Waals surface area contributed by atoms with Crippen molar-refractivity contribution in [3.63, 3.8) is 0 Å². The molecule has 0 aliphatic heterocycles. The van der Waals surface area contributed by atoms with Gasteiger partial charge in [-0.15, -0.1) is 0 Å². The fourth-order valence-corrected chi connectivity index (χ4v) is 2.70. The van der Waals surface area contributed by atoms with Gasteiger partial charge in [-0.1, -0.05) is 0 Å². The molecule has 0 spiro atoms. The van der Waals surface area contributed by atoms with E-state index in [9.17, 15) is 18.0 Å². The van der Waals surface area contributed by atoms with Crippen molar-refractivity contribution in [2.75, 3.05) is 0 Å². The van der Waals surface area contributed by atoms with Crippen molar-refractivity contribution < 1.29 is 38.4 Å². The standard InChI is InChI=1S/C15H11NO8S/c17-14(18)10-5-9(6-11(7-10)15(19)20)8-16-25(22,23)13-3-1-12(24-21)2-4-13/h1-8,21H,(H,17,18)(H,19,20). The highest BCUT2D eigenvalue weighted by molar-refractivity contribution is 7.90. The maximum absolute atomic E-state index is 12.1. The van der Waals surface area contributed by atoms with Crippen LogP contribution in [0.25, 0.3) is 0 Å². The molecule has 2 aromatic carbocycles. The summed E-state index contributed by atoms with van der Waals surface area (Å²) < 4.78 is 27.6. The van der Waals surface area contributed by atoms with E-state index in [4.69, 9.17) is 15.5 Å². The third kappa shape index (κ3) is 4.40. The highest BCUT2D eigenvalue weighted by atomic mass is 32.2. The van der Waals surface area contributed by atoms with Crippen molar-refractivity contribution in [2.24, 2.45) is 4.40 Å². The van der Waals surface area contributed by atoms with Gasteiger partial charge in [-0.3, -0.25) is 0 Å². The summed E-state index contributed by atoms with van der Waals surface area (Å²) in [5, 5.41) is 26.4. The van der Waals surface area contributed by atoms with Gasteiger partial charge < -0.3 is 15.1 Å². The van der Waals surface area contributed by atoms with Crippen molar-refractivity contribution >= 4 is 28.2 Å². The molecular weight excluding hydrogens is 354 g/mol. The number of aromatic carboxylic acids is 2. The summed E-state index contributed by atoms with van der Waals surface area (Å²) in [6.07, 6.45) is 0.852. The molecule has 25 heavy (non-hydrogen) atoms. The molecule has 0 aromatic heterocycles. The molecule has 0 bridgehead atoms. The van der Waals surface area contributed by atoms with Gasteiger partial charge in [-0.05, 0) is 48.0 Å². The van der Waals surface area contributed by atoms with Crippen LogP contribution in [-0.4, -0.2) is 42.0 Å². The second-order valence-corrected chi connectivity index (χ2v) is 6.36. The summed E-state index contributed by atoms with van der Waals surface area (Å²) >= 11 is 0. The Morgan fingerprint density at radius 1 is 0.960 bits per heavy atom. The van der Waals surface area contributed by atoms with E-state index >= 15 is 0 Å². The van der Waals surface area contributed by atoms with E-state index in [1.165, 1.54) is 12.1 Å². The summed E-state index contributed by atoms with van der Waals surface area (Å²) in [7, 11) is -4.11. The Labute approximate surface area is 141 Å². The molecule has 0 radical (unpaired) electrons. The molecule has 130 valence electrons. The fraction of sp³-hybridized carbons (Fsp3) is 0. The van der Waals surface area contributed by atoms with Gasteiger partial charge in [0.05, 0.1) is 16.0 Å². The maximum Gasteiger partial charge on any atom is 0.335 e. The normalized spacial score (nSPS) is 11.4. The third-order valence-electron chi connectivity index (χ3n) is 3.02. The summed E-state index contributed by atoms with van der Waals surface area (Å²) in [6, 6.07) is 7.84. The number of sulfonamides is 1. The Kier molecular flexibility index (Phi) is 5.15. The van der Waals surface area contributed by atoms with Gasteiger partial charge in [-0.25, -0.2) is 14.8 Å². The minimum absolute atomic E-state index is 0.00353. The van der Waals surface area contributed by atoms with E-state index in [-0.39, 0.29) is 27.3 Å². The SMILES string of the molecule is O=C(O)c1cc(C=NS(=O)(=O)c2ccc(OO)cc2)cc(C(=O)O)c1. The first-order chi connectivity index (χ1) is 11.7. The number of benzene rings is 2. The van der Waals surface area contributed by atoms with Crippen molar-refractivity contribution in [2.45, 2.75) is 4.90 Å². The number of carboxylic acid groups (broad SMARTS) is 2. The van der Waals surface area contributed by atoms with Crippen LogP contribution in [0.3, 0.4) is 0 Å². The molecule has 0 fully saturated rings. The second kappa shape index (κ2) is 7.11. The van der Waals surface area contributed by atoms with Gasteiger partial charge in [0.25, 0.3) is 10.0 Å². The molecule has 10 heteroatoms. The first-order valence-corrected chi connectivity index (χ1v) is 8.00. The topological polar surface area (TPSA) is 151 Å². The van der Waals surface area contributed by atoms with Crippen LogP contribution in [0, 0.1) is 0 Å². The van der Waals surface area contributed by atoms with E-state index in [1.54, 1.807) is 0 Å². The molecule has 0 atom stereocenters. The van der Waals surface area contributed by atoms with Gasteiger partial charge >= 0.3 is 11.9 Å². The molecule has 0 unspecified atom stereocenters. The molecule has 3 N–H and O–H groups in total. The molecule has 2 rings (SSSR count). The Bertz CT molecular complexity index is 916. The molecule has 0 heterocycles. The zero-order valence-electron chi connectivity index (χ0n) is 12.4. The van der Waals surface area contributed by atoms with E-state index in [2.05, 4.69) is 9.29 Å². The van der Waals surface area contributed by atoms with Crippen molar-refractivity contribution in [1.82, 2.24) is 0 Å². The van der Waals surface area contributed by atoms with Crippen LogP contribution in [0.4, 0.5) is 0 Å². The van der Waals surface area contributed by atoms with Crippen LogP contribution in [0.5, 0.6) is 5.75 Å². The lowest BCUT2D eigenvalue weighted by Crippen LogP contribution is -2.04. The average Bonchev–Trinajstić information content (AvgIpc) is 2.59. The predicted octanol–water partition coefficient (Wildman–Crippen LogP) is 1.74. The van der Waals surface area contributed by atoms with E-state index in [1.807, 2.05) is 0 Å². The maximum atomic E-state index is 12.1. The number of nitrogens with zero attached hydrogens (tertiary/aromatic N) is 1. The fourth-order valence-electron chi connectivity index (χ4n) is 1.84. The molecule has 9 nitrogen and oxygen atoms in total. The van der Waals surface area contributed by atoms with Gasteiger partial charge in [0.2, 0.25) is 0 Å². The van der Waals surface area contributed by atoms with E-state index in [0.29, 0.717) is 0 Å². The zero-order valence-corrected chi connectivity index (χ0v) is 13.2. The Balaban J connectivity index is 2.39. The minimum Gasteiger partial charge on any atom is -0.478 e. The monoisotopic (exact) mass is 365 g/mol. The minimum atomic E-state index is -4.11. The smallest absolute Gasteiger partial charge is 0.335 e. The Morgan fingerprint density at radius 2 is 1.48 bits per heavy atom. The summed E-state index contributed by atoms with van der Waals surface area (Å²) in [4.78, 5) is 25.8. The third-order valence-corrected chi connectivity index (χ3v) is 4.27. The van der Waals surface area contributed by atoms with Crippen molar-refractivity contribution in [3.8, 4) is 5.75 Å². The lowest BCUT2D eigenvalue weighted by atomic mass is 10.1. The van der Waals surface area contributed by atoms with E-state index in [0.717, 1.165) is 36.5 Å². The molecule has 0 saturated heterocycles. The van der Waals surface area contributed by atoms with Crippen molar-refractivity contribution in [3.05, 3.63) is 59.2 Å². The molecule has 2 aromatic rings. The summed E-state index contributed by atoms with van der Waals surface area (Å²) in [6.45, 7) is 0. The van der Waals surface area contributed by atoms with Crippen LogP contribution in [-0.2, 0) is 10.0 Å². The highest BCUT2D eigenvalue weighted by Gasteiger charge is 2.14. The first-order valence-electron chi connectivity index (χ1n) is 6.56. The van der Waals surface area contributed by atoms with Gasteiger partial charge in [-0.2, -0.15) is 12.8 Å². The van der Waals surface area contributed by atoms with Crippen LogP contribution in [0.1, 0.15) is 26.3 Å². The number of carboxylic acids is 2. The quantitative estimate of drug-likeness (QED) is 0.398. The number of carbonyl (C=O) groups is 2. The Hall–Kier alpha value is -3.24. The van der Waals surface area contributed by atoms with Crippen LogP contribution >= 0.6 is 0 Å².